The van der Waals surface area contributed by atoms with E-state index in [2.05, 4.69) is 27.6 Å². The van der Waals surface area contributed by atoms with Crippen LogP contribution in [0, 0.1) is 5.82 Å². The van der Waals surface area contributed by atoms with Crippen molar-refractivity contribution in [1.82, 2.24) is 20.1 Å². The minimum atomic E-state index is -0.349. The summed E-state index contributed by atoms with van der Waals surface area (Å²) in [5.41, 5.74) is 1.65. The van der Waals surface area contributed by atoms with Crippen molar-refractivity contribution in [2.75, 3.05) is 0 Å². The third-order valence-corrected chi connectivity index (χ3v) is 5.83. The fraction of sp³-hybridized carbons (Fsp3) is 0.318. The lowest BCUT2D eigenvalue weighted by molar-refractivity contribution is -0.120. The standard InChI is InChI=1S/C22H25FN4OS/c1-15(13-14-17-9-5-4-6-10-17)24-21(28)16(2)29-22-26-25-20(27(22)3)18-11-7-8-12-19(18)23/h4-12,15-16H,13-14H2,1-3H3,(H,24,28). The molecule has 0 radical (unpaired) electrons. The second kappa shape index (κ2) is 9.69. The predicted molar refractivity (Wildman–Crippen MR) is 114 cm³/mol. The Labute approximate surface area is 174 Å². The van der Waals surface area contributed by atoms with E-state index < -0.39 is 0 Å². The highest BCUT2D eigenvalue weighted by atomic mass is 32.2. The van der Waals surface area contributed by atoms with Gasteiger partial charge in [-0.3, -0.25) is 4.79 Å². The Morgan fingerprint density at radius 2 is 1.79 bits per heavy atom. The first kappa shape index (κ1) is 21.0. The molecule has 2 unspecified atom stereocenters. The molecule has 1 N–H and O–H groups in total. The summed E-state index contributed by atoms with van der Waals surface area (Å²) in [6.45, 7) is 3.85. The zero-order valence-electron chi connectivity index (χ0n) is 16.8. The lowest BCUT2D eigenvalue weighted by Gasteiger charge is -2.17. The molecular formula is C22H25FN4OS. The van der Waals surface area contributed by atoms with Gasteiger partial charge in [0.2, 0.25) is 5.91 Å². The van der Waals surface area contributed by atoms with E-state index in [0.29, 0.717) is 16.5 Å². The zero-order chi connectivity index (χ0) is 20.8. The maximum absolute atomic E-state index is 14.0. The Morgan fingerprint density at radius 3 is 2.52 bits per heavy atom. The molecule has 0 spiro atoms. The van der Waals surface area contributed by atoms with Gasteiger partial charge in [-0.1, -0.05) is 54.2 Å². The zero-order valence-corrected chi connectivity index (χ0v) is 17.6. The largest absolute Gasteiger partial charge is 0.353 e. The molecular weight excluding hydrogens is 387 g/mol. The first-order valence-electron chi connectivity index (χ1n) is 9.61. The number of carbonyl (C=O) groups is 1. The van der Waals surface area contributed by atoms with Gasteiger partial charge in [0.05, 0.1) is 10.8 Å². The molecule has 0 aliphatic rings. The molecule has 3 rings (SSSR count). The number of halogens is 1. The van der Waals surface area contributed by atoms with Crippen molar-refractivity contribution in [2.45, 2.75) is 43.1 Å². The van der Waals surface area contributed by atoms with Crippen molar-refractivity contribution < 1.29 is 9.18 Å². The Balaban J connectivity index is 1.56. The second-order valence-electron chi connectivity index (χ2n) is 7.04. The summed E-state index contributed by atoms with van der Waals surface area (Å²) in [4.78, 5) is 12.6. The molecule has 5 nitrogen and oxygen atoms in total. The van der Waals surface area contributed by atoms with Gasteiger partial charge >= 0.3 is 0 Å². The highest BCUT2D eigenvalue weighted by molar-refractivity contribution is 8.00. The number of nitrogens with one attached hydrogen (secondary N) is 1. The molecule has 0 saturated carbocycles. The van der Waals surface area contributed by atoms with Gasteiger partial charge in [-0.05, 0) is 44.4 Å². The molecule has 29 heavy (non-hydrogen) atoms. The minimum absolute atomic E-state index is 0.0500. The molecule has 1 amide bonds. The van der Waals surface area contributed by atoms with Crippen LogP contribution >= 0.6 is 11.8 Å². The monoisotopic (exact) mass is 412 g/mol. The van der Waals surface area contributed by atoms with Gasteiger partial charge in [0.1, 0.15) is 5.82 Å². The maximum Gasteiger partial charge on any atom is 0.233 e. The number of carbonyl (C=O) groups excluding carboxylic acids is 1. The van der Waals surface area contributed by atoms with Crippen molar-refractivity contribution in [2.24, 2.45) is 7.05 Å². The van der Waals surface area contributed by atoms with Crippen LogP contribution in [0.25, 0.3) is 11.4 Å². The van der Waals surface area contributed by atoms with Crippen LogP contribution in [0.3, 0.4) is 0 Å². The van der Waals surface area contributed by atoms with E-state index in [-0.39, 0.29) is 23.0 Å². The first-order valence-corrected chi connectivity index (χ1v) is 10.5. The second-order valence-corrected chi connectivity index (χ2v) is 8.35. The number of thioether (sulfide) groups is 1. The van der Waals surface area contributed by atoms with Crippen LogP contribution in [0.1, 0.15) is 25.8 Å². The smallest absolute Gasteiger partial charge is 0.233 e. The molecule has 1 heterocycles. The van der Waals surface area contributed by atoms with Gasteiger partial charge in [0.15, 0.2) is 11.0 Å². The van der Waals surface area contributed by atoms with E-state index in [0.717, 1.165) is 12.8 Å². The van der Waals surface area contributed by atoms with Gasteiger partial charge in [-0.2, -0.15) is 0 Å². The third-order valence-electron chi connectivity index (χ3n) is 4.70. The Morgan fingerprint density at radius 1 is 1.10 bits per heavy atom. The fourth-order valence-electron chi connectivity index (χ4n) is 2.97. The van der Waals surface area contributed by atoms with Gasteiger partial charge in [-0.25, -0.2) is 4.39 Å². The topological polar surface area (TPSA) is 59.8 Å². The van der Waals surface area contributed by atoms with Gasteiger partial charge < -0.3 is 9.88 Å². The number of rotatable bonds is 8. The summed E-state index contributed by atoms with van der Waals surface area (Å²) in [6, 6.07) is 16.7. The molecule has 0 fully saturated rings. The van der Waals surface area contributed by atoms with Crippen molar-refractivity contribution in [1.29, 1.82) is 0 Å². The van der Waals surface area contributed by atoms with Crippen molar-refractivity contribution in [3.63, 3.8) is 0 Å². The molecule has 7 heteroatoms. The van der Waals surface area contributed by atoms with Crippen molar-refractivity contribution >= 4 is 17.7 Å². The molecule has 2 atom stereocenters. The van der Waals surface area contributed by atoms with Crippen LogP contribution in [-0.2, 0) is 18.3 Å². The molecule has 0 aliphatic heterocycles. The first-order chi connectivity index (χ1) is 14.0. The van der Waals surface area contributed by atoms with Gasteiger partial charge in [0.25, 0.3) is 0 Å². The molecule has 0 bridgehead atoms. The number of aromatic nitrogens is 3. The Bertz CT molecular complexity index is 960. The summed E-state index contributed by atoms with van der Waals surface area (Å²) >= 11 is 1.31. The van der Waals surface area contributed by atoms with E-state index in [1.807, 2.05) is 32.0 Å². The van der Waals surface area contributed by atoms with Gasteiger partial charge in [0, 0.05) is 13.1 Å². The summed E-state index contributed by atoms with van der Waals surface area (Å²) in [7, 11) is 1.78. The van der Waals surface area contributed by atoms with Crippen LogP contribution in [-0.4, -0.2) is 32.0 Å². The summed E-state index contributed by atoms with van der Waals surface area (Å²) in [6.07, 6.45) is 1.79. The van der Waals surface area contributed by atoms with Crippen LogP contribution in [0.15, 0.2) is 59.8 Å². The van der Waals surface area contributed by atoms with Crippen LogP contribution in [0.2, 0.25) is 0 Å². The van der Waals surface area contributed by atoms with E-state index in [4.69, 9.17) is 0 Å². The lowest BCUT2D eigenvalue weighted by Crippen LogP contribution is -2.38. The van der Waals surface area contributed by atoms with E-state index in [1.54, 1.807) is 29.8 Å². The number of amides is 1. The molecule has 1 aromatic heterocycles. The van der Waals surface area contributed by atoms with E-state index in [9.17, 15) is 9.18 Å². The van der Waals surface area contributed by atoms with Gasteiger partial charge in [-0.15, -0.1) is 10.2 Å². The normalized spacial score (nSPS) is 13.1. The molecule has 2 aromatic carbocycles. The Kier molecular flexibility index (Phi) is 7.04. The van der Waals surface area contributed by atoms with E-state index >= 15 is 0 Å². The molecule has 0 aliphatic carbocycles. The SMILES string of the molecule is CC(CCc1ccccc1)NC(=O)C(C)Sc1nnc(-c2ccccc2F)n1C. The van der Waals surface area contributed by atoms with Crippen LogP contribution in [0.5, 0.6) is 0 Å². The van der Waals surface area contributed by atoms with Crippen LogP contribution < -0.4 is 5.32 Å². The highest BCUT2D eigenvalue weighted by Gasteiger charge is 2.21. The number of hydrogen-bond donors (Lipinski definition) is 1. The summed E-state index contributed by atoms with van der Waals surface area (Å²) < 4.78 is 15.8. The predicted octanol–water partition coefficient (Wildman–Crippen LogP) is 4.24. The number of nitrogens with zero attached hydrogens (tertiary/aromatic N) is 3. The molecule has 152 valence electrons. The third kappa shape index (κ3) is 5.44. The average Bonchev–Trinajstić information content (AvgIpc) is 3.07. The Hall–Kier alpha value is -2.67. The summed E-state index contributed by atoms with van der Waals surface area (Å²) in [5.74, 6) is 0.0398. The maximum atomic E-state index is 14.0. The number of hydrogen-bond acceptors (Lipinski definition) is 4. The average molecular weight is 413 g/mol. The quantitative estimate of drug-likeness (QED) is 0.562. The number of benzene rings is 2. The lowest BCUT2D eigenvalue weighted by atomic mass is 10.1. The van der Waals surface area contributed by atoms with Crippen molar-refractivity contribution in [3.8, 4) is 11.4 Å². The molecule has 0 saturated heterocycles. The summed E-state index contributed by atoms with van der Waals surface area (Å²) in [5, 5.41) is 11.5. The van der Waals surface area contributed by atoms with Crippen molar-refractivity contribution in [3.05, 3.63) is 66.0 Å². The highest BCUT2D eigenvalue weighted by Crippen LogP contribution is 2.27. The fourth-order valence-corrected chi connectivity index (χ4v) is 3.79. The number of aryl methyl sites for hydroxylation is 1. The minimum Gasteiger partial charge on any atom is -0.353 e. The van der Waals surface area contributed by atoms with Crippen LogP contribution in [0.4, 0.5) is 4.39 Å². The van der Waals surface area contributed by atoms with E-state index in [1.165, 1.54) is 23.4 Å². The molecule has 3 aromatic rings.